The summed E-state index contributed by atoms with van der Waals surface area (Å²) in [5.41, 5.74) is 6.50. The number of nitrogens with zero attached hydrogens (tertiary/aromatic N) is 1. The third kappa shape index (κ3) is 5.37. The van der Waals surface area contributed by atoms with Gasteiger partial charge in [-0.1, -0.05) is 25.1 Å². The molecule has 1 aliphatic rings. The maximum Gasteiger partial charge on any atom is 0.573 e. The summed E-state index contributed by atoms with van der Waals surface area (Å²) in [6.07, 6.45) is -3.79. The highest BCUT2D eigenvalue weighted by Crippen LogP contribution is 2.28. The summed E-state index contributed by atoms with van der Waals surface area (Å²) < 4.78 is 41.2. The van der Waals surface area contributed by atoms with Gasteiger partial charge in [0.1, 0.15) is 5.75 Å². The van der Waals surface area contributed by atoms with Crippen LogP contribution in [0.15, 0.2) is 24.3 Å². The van der Waals surface area contributed by atoms with E-state index >= 15 is 0 Å². The highest BCUT2D eigenvalue weighted by Gasteiger charge is 2.32. The standard InChI is InChI=1S/C14H19F3N2O.ClH/c1-10-8-19(7-6-12(10)18)9-11-4-2-3-5-13(11)20-14(15,16)17;/h2-5,10,12H,6-9,18H2,1H3;1H. The van der Waals surface area contributed by atoms with Gasteiger partial charge in [-0.3, -0.25) is 4.90 Å². The zero-order valence-electron chi connectivity index (χ0n) is 11.8. The van der Waals surface area contributed by atoms with Gasteiger partial charge in [0, 0.05) is 24.7 Å². The molecule has 1 aliphatic heterocycles. The molecule has 1 saturated heterocycles. The fraction of sp³-hybridized carbons (Fsp3) is 0.571. The van der Waals surface area contributed by atoms with Crippen LogP contribution in [0.2, 0.25) is 0 Å². The lowest BCUT2D eigenvalue weighted by Gasteiger charge is -2.35. The number of benzene rings is 1. The molecule has 2 rings (SSSR count). The van der Waals surface area contributed by atoms with Gasteiger partial charge in [-0.25, -0.2) is 0 Å². The molecule has 2 unspecified atom stereocenters. The van der Waals surface area contributed by atoms with Crippen molar-refractivity contribution < 1.29 is 17.9 Å². The third-order valence-corrected chi connectivity index (χ3v) is 3.65. The molecule has 0 spiro atoms. The highest BCUT2D eigenvalue weighted by molar-refractivity contribution is 5.85. The normalized spacial score (nSPS) is 23.5. The predicted molar refractivity (Wildman–Crippen MR) is 77.4 cm³/mol. The Morgan fingerprint density at radius 1 is 1.33 bits per heavy atom. The van der Waals surface area contributed by atoms with E-state index in [0.717, 1.165) is 19.5 Å². The average Bonchev–Trinajstić information content (AvgIpc) is 2.34. The summed E-state index contributed by atoms with van der Waals surface area (Å²) in [7, 11) is 0. The van der Waals surface area contributed by atoms with Crippen molar-refractivity contribution in [1.82, 2.24) is 4.90 Å². The van der Waals surface area contributed by atoms with E-state index in [9.17, 15) is 13.2 Å². The molecule has 1 aromatic carbocycles. The second-order valence-corrected chi connectivity index (χ2v) is 5.32. The minimum absolute atomic E-state index is 0. The second-order valence-electron chi connectivity index (χ2n) is 5.32. The van der Waals surface area contributed by atoms with E-state index in [1.807, 2.05) is 0 Å². The number of rotatable bonds is 3. The summed E-state index contributed by atoms with van der Waals surface area (Å²) in [6.45, 7) is 4.10. The van der Waals surface area contributed by atoms with E-state index < -0.39 is 6.36 Å². The number of hydrogen-bond donors (Lipinski definition) is 1. The molecule has 0 aliphatic carbocycles. The molecule has 2 atom stereocenters. The van der Waals surface area contributed by atoms with E-state index in [1.165, 1.54) is 6.07 Å². The Morgan fingerprint density at radius 3 is 2.62 bits per heavy atom. The average molecular weight is 325 g/mol. The summed E-state index contributed by atoms with van der Waals surface area (Å²) >= 11 is 0. The summed E-state index contributed by atoms with van der Waals surface area (Å²) in [6, 6.07) is 6.45. The van der Waals surface area contributed by atoms with Gasteiger partial charge in [-0.15, -0.1) is 25.6 Å². The number of alkyl halides is 3. The molecule has 1 fully saturated rings. The second kappa shape index (κ2) is 7.33. The van der Waals surface area contributed by atoms with Crippen LogP contribution in [0.25, 0.3) is 0 Å². The van der Waals surface area contributed by atoms with Crippen molar-refractivity contribution in [2.75, 3.05) is 13.1 Å². The van der Waals surface area contributed by atoms with Gasteiger partial charge in [0.05, 0.1) is 0 Å². The fourth-order valence-electron chi connectivity index (χ4n) is 2.49. The molecule has 0 amide bonds. The van der Waals surface area contributed by atoms with Gasteiger partial charge < -0.3 is 10.5 Å². The van der Waals surface area contributed by atoms with Crippen molar-refractivity contribution in [2.45, 2.75) is 32.3 Å². The number of hydrogen-bond acceptors (Lipinski definition) is 3. The SMILES string of the molecule is CC1CN(Cc2ccccc2OC(F)(F)F)CCC1N.Cl. The summed E-state index contributed by atoms with van der Waals surface area (Å²) in [5, 5.41) is 0. The number of ether oxygens (including phenoxy) is 1. The van der Waals surface area contributed by atoms with Crippen LogP contribution in [-0.2, 0) is 6.54 Å². The van der Waals surface area contributed by atoms with Crippen LogP contribution in [0.1, 0.15) is 18.9 Å². The van der Waals surface area contributed by atoms with Crippen LogP contribution in [0.4, 0.5) is 13.2 Å². The summed E-state index contributed by atoms with van der Waals surface area (Å²) in [4.78, 5) is 2.12. The Morgan fingerprint density at radius 2 is 2.00 bits per heavy atom. The molecule has 3 nitrogen and oxygen atoms in total. The van der Waals surface area contributed by atoms with Crippen molar-refractivity contribution in [3.05, 3.63) is 29.8 Å². The number of halogens is 4. The maximum atomic E-state index is 12.4. The lowest BCUT2D eigenvalue weighted by molar-refractivity contribution is -0.275. The van der Waals surface area contributed by atoms with Gasteiger partial charge in [0.15, 0.2) is 0 Å². The first-order chi connectivity index (χ1) is 9.35. The van der Waals surface area contributed by atoms with E-state index in [-0.39, 0.29) is 24.2 Å². The van der Waals surface area contributed by atoms with E-state index in [1.54, 1.807) is 18.2 Å². The first-order valence-corrected chi connectivity index (χ1v) is 6.67. The van der Waals surface area contributed by atoms with Crippen molar-refractivity contribution in [2.24, 2.45) is 11.7 Å². The Bertz CT molecular complexity index is 456. The molecule has 0 saturated carbocycles. The Balaban J connectivity index is 0.00000220. The van der Waals surface area contributed by atoms with Crippen molar-refractivity contribution in [1.29, 1.82) is 0 Å². The van der Waals surface area contributed by atoms with Crippen LogP contribution < -0.4 is 10.5 Å². The molecular formula is C14H20ClF3N2O. The molecule has 120 valence electrons. The van der Waals surface area contributed by atoms with Crippen LogP contribution in [0.5, 0.6) is 5.75 Å². The van der Waals surface area contributed by atoms with Crippen molar-refractivity contribution in [3.8, 4) is 5.75 Å². The van der Waals surface area contributed by atoms with Crippen molar-refractivity contribution in [3.63, 3.8) is 0 Å². The zero-order valence-corrected chi connectivity index (χ0v) is 12.6. The van der Waals surface area contributed by atoms with Gasteiger partial charge in [0.25, 0.3) is 0 Å². The first kappa shape index (κ1) is 18.1. The van der Waals surface area contributed by atoms with E-state index in [2.05, 4.69) is 16.6 Å². The number of piperidine rings is 1. The Kier molecular flexibility index (Phi) is 6.31. The zero-order chi connectivity index (χ0) is 14.8. The first-order valence-electron chi connectivity index (χ1n) is 6.67. The predicted octanol–water partition coefficient (Wildman–Crippen LogP) is 3.18. The smallest absolute Gasteiger partial charge is 0.405 e. The maximum absolute atomic E-state index is 12.4. The molecule has 0 bridgehead atoms. The lowest BCUT2D eigenvalue weighted by atomic mass is 9.94. The molecule has 0 aromatic heterocycles. The van der Waals surface area contributed by atoms with Gasteiger partial charge in [-0.2, -0.15) is 0 Å². The van der Waals surface area contributed by atoms with E-state index in [0.29, 0.717) is 18.0 Å². The van der Waals surface area contributed by atoms with Gasteiger partial charge in [0.2, 0.25) is 0 Å². The minimum Gasteiger partial charge on any atom is -0.405 e. The van der Waals surface area contributed by atoms with Crippen LogP contribution in [-0.4, -0.2) is 30.4 Å². The minimum atomic E-state index is -4.66. The molecule has 1 heterocycles. The largest absolute Gasteiger partial charge is 0.573 e. The van der Waals surface area contributed by atoms with Crippen molar-refractivity contribution >= 4 is 12.4 Å². The number of para-hydroxylation sites is 1. The van der Waals surface area contributed by atoms with Crippen LogP contribution in [0, 0.1) is 5.92 Å². The summed E-state index contributed by atoms with van der Waals surface area (Å²) in [5.74, 6) is 0.224. The topological polar surface area (TPSA) is 38.5 Å². The third-order valence-electron chi connectivity index (χ3n) is 3.65. The molecule has 21 heavy (non-hydrogen) atoms. The molecule has 1 aromatic rings. The Hall–Kier alpha value is -0.980. The molecule has 2 N–H and O–H groups in total. The molecule has 7 heteroatoms. The lowest BCUT2D eigenvalue weighted by Crippen LogP contribution is -2.45. The van der Waals surface area contributed by atoms with Gasteiger partial charge >= 0.3 is 6.36 Å². The monoisotopic (exact) mass is 324 g/mol. The highest BCUT2D eigenvalue weighted by atomic mass is 35.5. The van der Waals surface area contributed by atoms with E-state index in [4.69, 9.17) is 5.73 Å². The van der Waals surface area contributed by atoms with Crippen LogP contribution >= 0.6 is 12.4 Å². The number of likely N-dealkylation sites (tertiary alicyclic amines) is 1. The van der Waals surface area contributed by atoms with Crippen LogP contribution in [0.3, 0.4) is 0 Å². The Labute approximate surface area is 128 Å². The molecule has 0 radical (unpaired) electrons. The van der Waals surface area contributed by atoms with Gasteiger partial charge in [-0.05, 0) is 24.9 Å². The fourth-order valence-corrected chi connectivity index (χ4v) is 2.49. The quantitative estimate of drug-likeness (QED) is 0.928. The number of nitrogens with two attached hydrogens (primary N) is 1. The molecular weight excluding hydrogens is 305 g/mol.